The average Bonchev–Trinajstić information content (AvgIpc) is 2.16. The summed E-state index contributed by atoms with van der Waals surface area (Å²) in [4.78, 5) is 13.6. The average molecular weight is 203 g/mol. The van der Waals surface area contributed by atoms with Crippen LogP contribution in [0.5, 0.6) is 0 Å². The minimum Gasteiger partial charge on any atom is -0.364 e. The maximum atomic E-state index is 11.4. The first kappa shape index (κ1) is 10.2. The van der Waals surface area contributed by atoms with Gasteiger partial charge in [0.05, 0.1) is 6.54 Å². The van der Waals surface area contributed by atoms with Gasteiger partial charge in [-0.05, 0) is 43.5 Å². The van der Waals surface area contributed by atoms with Gasteiger partial charge in [-0.15, -0.1) is 0 Å². The van der Waals surface area contributed by atoms with Crippen LogP contribution in [0.25, 0.3) is 0 Å². The molecule has 0 saturated carbocycles. The van der Waals surface area contributed by atoms with Crippen LogP contribution >= 0.6 is 0 Å². The molecule has 0 N–H and O–H groups in total. The van der Waals surface area contributed by atoms with Crippen molar-refractivity contribution < 1.29 is 4.79 Å². The van der Waals surface area contributed by atoms with E-state index in [-0.39, 0.29) is 0 Å². The molecule has 0 amide bonds. The third-order valence-corrected chi connectivity index (χ3v) is 2.82. The monoisotopic (exact) mass is 203 g/mol. The molecule has 2 rings (SSSR count). The van der Waals surface area contributed by atoms with Crippen LogP contribution in [0, 0.1) is 13.8 Å². The maximum Gasteiger partial charge on any atom is 0.152 e. The van der Waals surface area contributed by atoms with Gasteiger partial charge in [-0.25, -0.2) is 0 Å². The van der Waals surface area contributed by atoms with Crippen LogP contribution in [-0.2, 0) is 4.79 Å². The Kier molecular flexibility index (Phi) is 2.76. The van der Waals surface area contributed by atoms with Gasteiger partial charge in [0.1, 0.15) is 0 Å². The first-order chi connectivity index (χ1) is 7.15. The highest BCUT2D eigenvalue weighted by Crippen LogP contribution is 2.21. The van der Waals surface area contributed by atoms with E-state index in [2.05, 4.69) is 36.9 Å². The van der Waals surface area contributed by atoms with Gasteiger partial charge in [-0.1, -0.05) is 6.07 Å². The van der Waals surface area contributed by atoms with Crippen molar-refractivity contribution in [3.05, 3.63) is 29.3 Å². The summed E-state index contributed by atoms with van der Waals surface area (Å²) < 4.78 is 0. The Balaban J connectivity index is 2.24. The quantitative estimate of drug-likeness (QED) is 0.699. The van der Waals surface area contributed by atoms with Crippen molar-refractivity contribution in [3.8, 4) is 0 Å². The first-order valence-corrected chi connectivity index (χ1v) is 5.50. The van der Waals surface area contributed by atoms with Gasteiger partial charge >= 0.3 is 0 Å². The predicted molar refractivity (Wildman–Crippen MR) is 62.4 cm³/mol. The SMILES string of the molecule is Cc1cc(C)cc(N2CCCC(=O)C2)c1. The molecule has 2 heteroatoms. The topological polar surface area (TPSA) is 20.3 Å². The van der Waals surface area contributed by atoms with Crippen molar-refractivity contribution in [1.29, 1.82) is 0 Å². The number of aryl methyl sites for hydroxylation is 2. The second-order valence-corrected chi connectivity index (χ2v) is 4.41. The third kappa shape index (κ3) is 2.38. The molecular weight excluding hydrogens is 186 g/mol. The molecule has 80 valence electrons. The molecule has 0 spiro atoms. The van der Waals surface area contributed by atoms with Gasteiger partial charge in [-0.3, -0.25) is 4.79 Å². The summed E-state index contributed by atoms with van der Waals surface area (Å²) >= 11 is 0. The van der Waals surface area contributed by atoms with E-state index in [1.165, 1.54) is 16.8 Å². The van der Waals surface area contributed by atoms with Crippen molar-refractivity contribution in [3.63, 3.8) is 0 Å². The number of Topliss-reactive ketones (excluding diaryl/α,β-unsaturated/α-hetero) is 1. The molecular formula is C13H17NO. The fourth-order valence-corrected chi connectivity index (χ4v) is 2.19. The van der Waals surface area contributed by atoms with Crippen molar-refractivity contribution >= 4 is 11.5 Å². The molecule has 0 radical (unpaired) electrons. The summed E-state index contributed by atoms with van der Waals surface area (Å²) in [5, 5.41) is 0. The number of hydrogen-bond acceptors (Lipinski definition) is 2. The van der Waals surface area contributed by atoms with Gasteiger partial charge in [0.25, 0.3) is 0 Å². The van der Waals surface area contributed by atoms with Crippen LogP contribution in [0.4, 0.5) is 5.69 Å². The van der Waals surface area contributed by atoms with E-state index in [0.29, 0.717) is 12.3 Å². The van der Waals surface area contributed by atoms with Crippen molar-refractivity contribution in [1.82, 2.24) is 0 Å². The lowest BCUT2D eigenvalue weighted by Gasteiger charge is -2.28. The van der Waals surface area contributed by atoms with E-state index < -0.39 is 0 Å². The van der Waals surface area contributed by atoms with Crippen LogP contribution in [0.15, 0.2) is 18.2 Å². The molecule has 0 bridgehead atoms. The van der Waals surface area contributed by atoms with Gasteiger partial charge in [-0.2, -0.15) is 0 Å². The fraction of sp³-hybridized carbons (Fsp3) is 0.462. The number of benzene rings is 1. The molecule has 0 atom stereocenters. The van der Waals surface area contributed by atoms with Crippen LogP contribution in [-0.4, -0.2) is 18.9 Å². The molecule has 0 aliphatic carbocycles. The predicted octanol–water partition coefficient (Wildman–Crippen LogP) is 2.47. The summed E-state index contributed by atoms with van der Waals surface area (Å²) in [7, 11) is 0. The van der Waals surface area contributed by atoms with Gasteiger partial charge < -0.3 is 4.90 Å². The van der Waals surface area contributed by atoms with Crippen molar-refractivity contribution in [2.24, 2.45) is 0 Å². The molecule has 1 aliphatic heterocycles. The highest BCUT2D eigenvalue weighted by atomic mass is 16.1. The fourth-order valence-electron chi connectivity index (χ4n) is 2.19. The summed E-state index contributed by atoms with van der Waals surface area (Å²) in [5.41, 5.74) is 3.73. The van der Waals surface area contributed by atoms with Gasteiger partial charge in [0, 0.05) is 18.7 Å². The lowest BCUT2D eigenvalue weighted by Crippen LogP contribution is -2.35. The minimum atomic E-state index is 0.361. The zero-order valence-corrected chi connectivity index (χ0v) is 9.42. The Bertz CT molecular complexity index is 364. The molecule has 1 aromatic carbocycles. The molecule has 2 nitrogen and oxygen atoms in total. The molecule has 1 aliphatic rings. The summed E-state index contributed by atoms with van der Waals surface area (Å²) in [6.45, 7) is 5.79. The zero-order valence-electron chi connectivity index (χ0n) is 9.42. The second kappa shape index (κ2) is 4.05. The number of ketones is 1. The molecule has 1 aromatic rings. The third-order valence-electron chi connectivity index (χ3n) is 2.82. The van der Waals surface area contributed by atoms with Gasteiger partial charge in [0.15, 0.2) is 5.78 Å². The second-order valence-electron chi connectivity index (χ2n) is 4.41. The lowest BCUT2D eigenvalue weighted by molar-refractivity contribution is -0.118. The standard InChI is InChI=1S/C13H17NO/c1-10-6-11(2)8-12(7-10)14-5-3-4-13(15)9-14/h6-8H,3-5,9H2,1-2H3. The molecule has 15 heavy (non-hydrogen) atoms. The Morgan fingerprint density at radius 3 is 2.40 bits per heavy atom. The van der Waals surface area contributed by atoms with E-state index in [9.17, 15) is 4.79 Å². The number of nitrogens with zero attached hydrogens (tertiary/aromatic N) is 1. The molecule has 1 heterocycles. The van der Waals surface area contributed by atoms with Crippen LogP contribution in [0.2, 0.25) is 0 Å². The van der Waals surface area contributed by atoms with E-state index >= 15 is 0 Å². The first-order valence-electron chi connectivity index (χ1n) is 5.50. The Hall–Kier alpha value is -1.31. The van der Waals surface area contributed by atoms with E-state index in [1.54, 1.807) is 0 Å². The van der Waals surface area contributed by atoms with Gasteiger partial charge in [0.2, 0.25) is 0 Å². The smallest absolute Gasteiger partial charge is 0.152 e. The highest BCUT2D eigenvalue weighted by Gasteiger charge is 2.17. The Morgan fingerprint density at radius 1 is 1.13 bits per heavy atom. The molecule has 1 fully saturated rings. The summed E-state index contributed by atoms with van der Waals surface area (Å²) in [6, 6.07) is 6.48. The minimum absolute atomic E-state index is 0.361. The van der Waals surface area contributed by atoms with Crippen LogP contribution in [0.3, 0.4) is 0 Å². The molecule has 0 aromatic heterocycles. The van der Waals surface area contributed by atoms with Crippen molar-refractivity contribution in [2.75, 3.05) is 18.0 Å². The Morgan fingerprint density at radius 2 is 1.80 bits per heavy atom. The number of piperidine rings is 1. The van der Waals surface area contributed by atoms with E-state index in [0.717, 1.165) is 19.4 Å². The van der Waals surface area contributed by atoms with E-state index in [1.807, 2.05) is 0 Å². The zero-order chi connectivity index (χ0) is 10.8. The lowest BCUT2D eigenvalue weighted by atomic mass is 10.1. The number of rotatable bonds is 1. The number of hydrogen-bond donors (Lipinski definition) is 0. The summed E-state index contributed by atoms with van der Waals surface area (Å²) in [6.07, 6.45) is 1.74. The largest absolute Gasteiger partial charge is 0.364 e. The highest BCUT2D eigenvalue weighted by molar-refractivity contribution is 5.84. The number of carbonyl (C=O) groups is 1. The summed E-state index contributed by atoms with van der Waals surface area (Å²) in [5.74, 6) is 0.361. The number of anilines is 1. The molecule has 0 unspecified atom stereocenters. The normalized spacial score (nSPS) is 16.9. The van der Waals surface area contributed by atoms with Crippen LogP contribution < -0.4 is 4.90 Å². The van der Waals surface area contributed by atoms with E-state index in [4.69, 9.17) is 0 Å². The molecule has 1 saturated heterocycles. The Labute approximate surface area is 90.9 Å². The van der Waals surface area contributed by atoms with Crippen LogP contribution in [0.1, 0.15) is 24.0 Å². The maximum absolute atomic E-state index is 11.4. The van der Waals surface area contributed by atoms with Crippen molar-refractivity contribution in [2.45, 2.75) is 26.7 Å². The number of carbonyl (C=O) groups excluding carboxylic acids is 1.